The van der Waals surface area contributed by atoms with Crippen molar-refractivity contribution >= 4 is 46.5 Å². The summed E-state index contributed by atoms with van der Waals surface area (Å²) in [5.74, 6) is -0.238. The standard InChI is InChI=1S/C18H22N4O2S2.CH2O2/c1-11(2)17-20-21-18(26-17)22-10-13(8-15(22)23)16(24)19-9-12-5-4-6-14(7-12)25-3;2-1-3/h4-7,11,13H,8-10H2,1-3H3,(H,19,24);1H,(H,2,3). The topological polar surface area (TPSA) is 112 Å². The van der Waals surface area contributed by atoms with Crippen molar-refractivity contribution in [2.24, 2.45) is 5.92 Å². The number of benzene rings is 1. The molecule has 8 nitrogen and oxygen atoms in total. The summed E-state index contributed by atoms with van der Waals surface area (Å²) in [6, 6.07) is 8.07. The molecule has 2 aromatic rings. The van der Waals surface area contributed by atoms with E-state index in [-0.39, 0.29) is 36.5 Å². The van der Waals surface area contributed by atoms with Crippen LogP contribution in [-0.4, -0.2) is 46.4 Å². The molecule has 1 aliphatic heterocycles. The van der Waals surface area contributed by atoms with Crippen LogP contribution in [0.5, 0.6) is 0 Å². The van der Waals surface area contributed by atoms with Gasteiger partial charge in [0.25, 0.3) is 6.47 Å². The number of hydrogen-bond acceptors (Lipinski definition) is 7. The Bertz CT molecular complexity index is 856. The number of carbonyl (C=O) groups is 3. The fraction of sp³-hybridized carbons (Fsp3) is 0.421. The summed E-state index contributed by atoms with van der Waals surface area (Å²) in [5.41, 5.74) is 1.05. The number of carboxylic acid groups (broad SMARTS) is 1. The maximum Gasteiger partial charge on any atom is 0.290 e. The average molecular weight is 437 g/mol. The highest BCUT2D eigenvalue weighted by molar-refractivity contribution is 7.98. The zero-order valence-corrected chi connectivity index (χ0v) is 18.1. The van der Waals surface area contributed by atoms with Gasteiger partial charge in [-0.3, -0.25) is 19.3 Å². The highest BCUT2D eigenvalue weighted by atomic mass is 32.2. The number of amides is 2. The van der Waals surface area contributed by atoms with Gasteiger partial charge in [0.05, 0.1) is 5.92 Å². The van der Waals surface area contributed by atoms with Crippen molar-refractivity contribution in [1.82, 2.24) is 15.5 Å². The third-order valence-electron chi connectivity index (χ3n) is 4.25. The maximum atomic E-state index is 12.5. The van der Waals surface area contributed by atoms with Crippen LogP contribution >= 0.6 is 23.1 Å². The van der Waals surface area contributed by atoms with E-state index in [0.29, 0.717) is 18.2 Å². The summed E-state index contributed by atoms with van der Waals surface area (Å²) in [7, 11) is 0. The molecule has 1 aromatic heterocycles. The van der Waals surface area contributed by atoms with Gasteiger partial charge in [-0.1, -0.05) is 37.3 Å². The first-order valence-corrected chi connectivity index (χ1v) is 11.1. The molecule has 1 fully saturated rings. The van der Waals surface area contributed by atoms with E-state index in [4.69, 9.17) is 9.90 Å². The average Bonchev–Trinajstić information content (AvgIpc) is 3.34. The molecule has 1 saturated heterocycles. The summed E-state index contributed by atoms with van der Waals surface area (Å²) in [4.78, 5) is 35.9. The molecule has 156 valence electrons. The molecule has 2 N–H and O–H groups in total. The van der Waals surface area contributed by atoms with E-state index >= 15 is 0 Å². The van der Waals surface area contributed by atoms with Crippen LogP contribution in [0.4, 0.5) is 5.13 Å². The number of aromatic nitrogens is 2. The van der Waals surface area contributed by atoms with Crippen molar-refractivity contribution in [3.63, 3.8) is 0 Å². The Balaban J connectivity index is 0.000000941. The first kappa shape index (κ1) is 22.8. The smallest absolute Gasteiger partial charge is 0.290 e. The van der Waals surface area contributed by atoms with Crippen LogP contribution in [0.25, 0.3) is 0 Å². The van der Waals surface area contributed by atoms with Crippen LogP contribution in [0.1, 0.15) is 36.8 Å². The van der Waals surface area contributed by atoms with E-state index in [1.165, 1.54) is 11.3 Å². The fourth-order valence-corrected chi connectivity index (χ4v) is 4.11. The van der Waals surface area contributed by atoms with E-state index in [1.807, 2.05) is 38.3 Å². The SMILES string of the molecule is CSc1cccc(CNC(=O)C2CC(=O)N(c3nnc(C(C)C)s3)C2)c1.O=CO. The number of carbonyl (C=O) groups excluding carboxylic acids is 2. The Labute approximate surface area is 177 Å². The Kier molecular flexibility index (Phi) is 8.59. The van der Waals surface area contributed by atoms with Crippen LogP contribution in [0.2, 0.25) is 0 Å². The van der Waals surface area contributed by atoms with E-state index < -0.39 is 0 Å². The predicted octanol–water partition coefficient (Wildman–Crippen LogP) is 2.75. The highest BCUT2D eigenvalue weighted by Gasteiger charge is 2.36. The van der Waals surface area contributed by atoms with Crippen molar-refractivity contribution in [3.8, 4) is 0 Å². The zero-order valence-electron chi connectivity index (χ0n) is 16.5. The van der Waals surface area contributed by atoms with Gasteiger partial charge in [0, 0.05) is 30.3 Å². The third kappa shape index (κ3) is 6.26. The molecule has 0 bridgehead atoms. The second kappa shape index (κ2) is 10.9. The Morgan fingerprint density at radius 1 is 1.45 bits per heavy atom. The monoisotopic (exact) mass is 436 g/mol. The molecule has 0 aliphatic carbocycles. The Morgan fingerprint density at radius 3 is 2.79 bits per heavy atom. The molecule has 1 atom stereocenters. The number of nitrogens with one attached hydrogen (secondary N) is 1. The molecule has 2 heterocycles. The Hall–Kier alpha value is -2.46. The minimum atomic E-state index is -0.349. The van der Waals surface area contributed by atoms with Crippen LogP contribution < -0.4 is 10.2 Å². The zero-order chi connectivity index (χ0) is 21.4. The molecule has 1 unspecified atom stereocenters. The lowest BCUT2D eigenvalue weighted by molar-refractivity contribution is -0.126. The summed E-state index contributed by atoms with van der Waals surface area (Å²) in [5, 5.41) is 19.6. The number of rotatable bonds is 6. The number of nitrogens with zero attached hydrogens (tertiary/aromatic N) is 3. The Morgan fingerprint density at radius 2 is 2.17 bits per heavy atom. The van der Waals surface area contributed by atoms with Crippen LogP contribution in [0, 0.1) is 5.92 Å². The molecule has 29 heavy (non-hydrogen) atoms. The fourth-order valence-electron chi connectivity index (χ4n) is 2.75. The largest absolute Gasteiger partial charge is 0.483 e. The molecule has 2 amide bonds. The molecule has 1 aromatic carbocycles. The van der Waals surface area contributed by atoms with Crippen molar-refractivity contribution < 1.29 is 19.5 Å². The van der Waals surface area contributed by atoms with Gasteiger partial charge < -0.3 is 10.4 Å². The quantitative estimate of drug-likeness (QED) is 0.529. The van der Waals surface area contributed by atoms with Gasteiger partial charge in [-0.05, 0) is 24.0 Å². The molecule has 0 spiro atoms. The minimum absolute atomic E-state index is 0.0685. The lowest BCUT2D eigenvalue weighted by atomic mass is 10.1. The van der Waals surface area contributed by atoms with Crippen molar-refractivity contribution in [2.45, 2.75) is 37.6 Å². The normalized spacial score (nSPS) is 15.8. The van der Waals surface area contributed by atoms with Gasteiger partial charge in [0.15, 0.2) is 0 Å². The van der Waals surface area contributed by atoms with E-state index in [0.717, 1.165) is 15.5 Å². The second-order valence-corrected chi connectivity index (χ2v) is 8.52. The minimum Gasteiger partial charge on any atom is -0.483 e. The van der Waals surface area contributed by atoms with Gasteiger partial charge in [-0.15, -0.1) is 22.0 Å². The first-order valence-electron chi connectivity index (χ1n) is 9.01. The van der Waals surface area contributed by atoms with Crippen LogP contribution in [0.3, 0.4) is 0 Å². The van der Waals surface area contributed by atoms with Gasteiger partial charge in [0.2, 0.25) is 16.9 Å². The van der Waals surface area contributed by atoms with Crippen molar-refractivity contribution in [3.05, 3.63) is 34.8 Å². The molecular weight excluding hydrogens is 412 g/mol. The predicted molar refractivity (Wildman–Crippen MR) is 113 cm³/mol. The third-order valence-corrected chi connectivity index (χ3v) is 6.22. The molecular formula is C19H24N4O4S2. The number of thioether (sulfide) groups is 1. The van der Waals surface area contributed by atoms with E-state index in [2.05, 4.69) is 21.6 Å². The second-order valence-electron chi connectivity index (χ2n) is 6.66. The van der Waals surface area contributed by atoms with Gasteiger partial charge >= 0.3 is 0 Å². The van der Waals surface area contributed by atoms with Crippen molar-refractivity contribution in [1.29, 1.82) is 0 Å². The van der Waals surface area contributed by atoms with Gasteiger partial charge in [-0.2, -0.15) is 0 Å². The van der Waals surface area contributed by atoms with E-state index in [9.17, 15) is 9.59 Å². The molecule has 10 heteroatoms. The maximum absolute atomic E-state index is 12.5. The molecule has 0 saturated carbocycles. The summed E-state index contributed by atoms with van der Waals surface area (Å²) in [6.07, 6.45) is 2.24. The molecule has 3 rings (SSSR count). The summed E-state index contributed by atoms with van der Waals surface area (Å²) < 4.78 is 0. The number of anilines is 1. The van der Waals surface area contributed by atoms with Crippen molar-refractivity contribution in [2.75, 3.05) is 17.7 Å². The molecule has 1 aliphatic rings. The lowest BCUT2D eigenvalue weighted by Crippen LogP contribution is -2.32. The number of hydrogen-bond donors (Lipinski definition) is 2. The van der Waals surface area contributed by atoms with Gasteiger partial charge in [0.1, 0.15) is 5.01 Å². The van der Waals surface area contributed by atoms with Gasteiger partial charge in [-0.25, -0.2) is 0 Å². The molecule has 0 radical (unpaired) electrons. The highest BCUT2D eigenvalue weighted by Crippen LogP contribution is 2.30. The van der Waals surface area contributed by atoms with E-state index in [1.54, 1.807) is 16.7 Å². The summed E-state index contributed by atoms with van der Waals surface area (Å²) >= 11 is 3.09. The van der Waals surface area contributed by atoms with Crippen LogP contribution in [0.15, 0.2) is 29.2 Å². The lowest BCUT2D eigenvalue weighted by Gasteiger charge is -2.13. The van der Waals surface area contributed by atoms with Crippen LogP contribution in [-0.2, 0) is 20.9 Å². The summed E-state index contributed by atoms with van der Waals surface area (Å²) in [6.45, 7) is 4.66. The first-order chi connectivity index (χ1) is 13.9.